The zero-order valence-corrected chi connectivity index (χ0v) is 63.8. The first-order valence-electron chi connectivity index (χ1n) is 35.0. The second-order valence-corrected chi connectivity index (χ2v) is 27.3. The molecule has 6 aromatic heterocycles. The van der Waals surface area contributed by atoms with Crippen LogP contribution in [0.5, 0.6) is 23.0 Å². The van der Waals surface area contributed by atoms with Crippen LogP contribution in [-0.2, 0) is 0 Å². The highest BCUT2D eigenvalue weighted by atomic mass is 32.1. The van der Waals surface area contributed by atoms with Gasteiger partial charge in [-0.25, -0.2) is 19.9 Å². The van der Waals surface area contributed by atoms with Crippen molar-refractivity contribution in [1.82, 2.24) is 54.1 Å². The van der Waals surface area contributed by atoms with Gasteiger partial charge in [0.2, 0.25) is 22.1 Å². The van der Waals surface area contributed by atoms with Crippen LogP contribution in [0.2, 0.25) is 0 Å². The van der Waals surface area contributed by atoms with E-state index in [1.165, 1.54) is 23.7 Å². The number of anilines is 4. The monoisotopic (exact) mass is 1610 g/mol. The fraction of sp³-hybridized carbons (Fsp3) is 0.0366. The van der Waals surface area contributed by atoms with Crippen molar-refractivity contribution in [3.8, 4) is 34.5 Å². The number of hydrogen-bond donors (Lipinski definition) is 8. The molecule has 0 aliphatic rings. The number of benzene rings is 11. The Labute approximate surface area is 674 Å². The molecule has 0 fully saturated rings. The maximum absolute atomic E-state index is 12.9. The number of aryl methyl sites for hydroxylation is 3. The fourth-order valence-corrected chi connectivity index (χ4v) is 12.8. The number of phenolic OH excluding ortho intramolecular Hbond substituents is 4. The lowest BCUT2D eigenvalue weighted by Crippen LogP contribution is -2.14. The summed E-state index contributed by atoms with van der Waals surface area (Å²) < 4.78 is 13.6. The van der Waals surface area contributed by atoms with Crippen LogP contribution in [0.3, 0.4) is 0 Å². The molecule has 0 unspecified atom stereocenters. The van der Waals surface area contributed by atoms with Gasteiger partial charge in [0, 0.05) is 92.0 Å². The summed E-state index contributed by atoms with van der Waals surface area (Å²) in [6.45, 7) is 5.33. The van der Waals surface area contributed by atoms with Crippen LogP contribution in [0.25, 0.3) is 54.5 Å². The van der Waals surface area contributed by atoms with E-state index in [1.807, 2.05) is 153 Å². The van der Waals surface area contributed by atoms with E-state index in [-0.39, 0.29) is 80.0 Å². The second kappa shape index (κ2) is 36.4. The van der Waals surface area contributed by atoms with Gasteiger partial charge in [-0.05, 0) is 121 Å². The Hall–Kier alpha value is -16.0. The number of amides is 4. The minimum atomic E-state index is -0.558. The summed E-state index contributed by atoms with van der Waals surface area (Å²) >= 11 is 3.49. The highest BCUT2D eigenvalue weighted by molar-refractivity contribution is 7.14. The van der Waals surface area contributed by atoms with Gasteiger partial charge in [-0.3, -0.25) is 29.5 Å². The number of azo groups is 4. The smallest absolute Gasteiger partial charge is 0.361 e. The van der Waals surface area contributed by atoms with Crippen LogP contribution in [-0.4, -0.2) is 98.1 Å². The van der Waals surface area contributed by atoms with Crippen molar-refractivity contribution in [2.24, 2.45) is 40.9 Å². The zero-order valence-electron chi connectivity index (χ0n) is 61.3. The van der Waals surface area contributed by atoms with Gasteiger partial charge in [-0.1, -0.05) is 173 Å². The minimum Gasteiger partial charge on any atom is -0.505 e. The number of pyridine rings is 1. The predicted octanol–water partition coefficient (Wildman–Crippen LogP) is 20.6. The molecule has 0 bridgehead atoms. The molecule has 0 spiro atoms. The first-order chi connectivity index (χ1) is 57.0. The first-order valence-corrected chi connectivity index (χ1v) is 37.4. The Morgan fingerprint density at radius 2 is 0.718 bits per heavy atom. The van der Waals surface area contributed by atoms with E-state index >= 15 is 0 Å². The van der Waals surface area contributed by atoms with Gasteiger partial charge in [0.25, 0.3) is 28.8 Å². The minimum absolute atomic E-state index is 0.0357. The molecule has 574 valence electrons. The summed E-state index contributed by atoms with van der Waals surface area (Å²) in [7, 11) is 0. The average Bonchev–Trinajstić information content (AvgIpc) is 1.49. The molecule has 11 aromatic carbocycles. The summed E-state index contributed by atoms with van der Waals surface area (Å²) in [6.07, 6.45) is 6.13. The highest BCUT2D eigenvalue weighted by Crippen LogP contribution is 2.44. The Bertz CT molecular complexity index is 6170. The van der Waals surface area contributed by atoms with Gasteiger partial charge in [-0.2, -0.15) is 8.75 Å². The van der Waals surface area contributed by atoms with Gasteiger partial charge in [0.05, 0.1) is 22.3 Å². The summed E-state index contributed by atoms with van der Waals surface area (Å²) in [5.74, 6) is -1.39. The van der Waals surface area contributed by atoms with E-state index in [9.17, 15) is 39.6 Å². The van der Waals surface area contributed by atoms with Crippen LogP contribution in [0, 0.1) is 20.8 Å². The van der Waals surface area contributed by atoms with Gasteiger partial charge < -0.3 is 40.8 Å². The molecule has 32 nitrogen and oxygen atoms in total. The summed E-state index contributed by atoms with van der Waals surface area (Å²) in [5.41, 5.74) is 3.59. The molecule has 17 rings (SSSR count). The standard InChI is InChI=1S/C24H16N6O3.2C20H15N5O2S.C18H13N7O2S/c31-21-19(22(32)26-17-10-12-25-13-11-17)14-16-8-4-5-9-18(16)20(21)27-29-24-30-28-23(33-24)15-6-2-1-3-7-15;1-12-22-24-20(28-12)25-23-17-15-10-6-5-7-13(15)11-16(18(17)26)19(27)21-14-8-3-2-4-9-14;1-12-21-20(28-25-12)24-23-17-15-10-6-5-7-13(15)11-16(18(17)26)19(27)22-14-8-3-2-4-9-14;1-10-21-18(28-25-10)24-23-14-12-6-3-2-5-11(12)9-13(15(14)26)16(27)22-17-19-7-4-8-20-17/h1-14,31H,(H,25,26,32);2-11,26H,1H3,(H,21,27);2-11,26H,1H3,(H,22,27);2-9,26H,1H3,(H,19,20,22,27). The maximum Gasteiger partial charge on any atom is 0.361 e. The number of para-hydroxylation sites is 2. The van der Waals surface area contributed by atoms with Crippen LogP contribution >= 0.6 is 34.4 Å². The Balaban J connectivity index is 0.000000129. The lowest BCUT2D eigenvalue weighted by molar-refractivity contribution is 0.101. The molecule has 8 N–H and O–H groups in total. The van der Waals surface area contributed by atoms with E-state index in [2.05, 4.69) is 116 Å². The normalized spacial score (nSPS) is 11.2. The lowest BCUT2D eigenvalue weighted by Gasteiger charge is -2.11. The summed E-state index contributed by atoms with van der Waals surface area (Å²) in [5, 5.41) is 110. The van der Waals surface area contributed by atoms with Crippen molar-refractivity contribution in [2.75, 3.05) is 21.3 Å². The second-order valence-electron chi connectivity index (χ2n) is 24.6. The fourth-order valence-electron chi connectivity index (χ4n) is 11.3. The number of phenols is 4. The molecular formula is C82H59N23O9S3. The van der Waals surface area contributed by atoms with Crippen LogP contribution in [0.1, 0.15) is 58.1 Å². The average molecular weight is 1610 g/mol. The molecule has 0 radical (unpaired) electrons. The number of rotatable bonds is 17. The zero-order chi connectivity index (χ0) is 81.2. The Kier molecular flexibility index (Phi) is 24.2. The van der Waals surface area contributed by atoms with Crippen molar-refractivity contribution >= 4 is 168 Å². The molecular weight excluding hydrogens is 1550 g/mol. The number of carbonyl (C=O) groups is 4. The van der Waals surface area contributed by atoms with Gasteiger partial charge in [-0.15, -0.1) is 51.1 Å². The van der Waals surface area contributed by atoms with E-state index in [0.29, 0.717) is 76.9 Å². The van der Waals surface area contributed by atoms with Crippen molar-refractivity contribution in [1.29, 1.82) is 0 Å². The molecule has 0 saturated heterocycles. The molecule has 17 aromatic rings. The third kappa shape index (κ3) is 19.1. The number of aromatic hydroxyl groups is 4. The number of nitrogens with zero attached hydrogens (tertiary/aromatic N) is 19. The lowest BCUT2D eigenvalue weighted by atomic mass is 10.0. The molecule has 0 aliphatic carbocycles. The van der Waals surface area contributed by atoms with Crippen LogP contribution in [0.4, 0.5) is 67.2 Å². The predicted molar refractivity (Wildman–Crippen MR) is 444 cm³/mol. The third-order valence-corrected chi connectivity index (χ3v) is 18.8. The molecule has 117 heavy (non-hydrogen) atoms. The third-order valence-electron chi connectivity index (χ3n) is 16.7. The number of hydrogen-bond acceptors (Lipinski definition) is 31. The number of carbonyl (C=O) groups excluding carboxylic acids is 4. The Morgan fingerprint density at radius 1 is 0.359 bits per heavy atom. The van der Waals surface area contributed by atoms with E-state index in [4.69, 9.17) is 4.42 Å². The largest absolute Gasteiger partial charge is 0.505 e. The van der Waals surface area contributed by atoms with E-state index < -0.39 is 23.6 Å². The molecule has 0 aliphatic heterocycles. The number of aromatic nitrogens is 11. The van der Waals surface area contributed by atoms with Crippen molar-refractivity contribution in [3.63, 3.8) is 0 Å². The van der Waals surface area contributed by atoms with E-state index in [1.54, 1.807) is 111 Å². The van der Waals surface area contributed by atoms with Crippen LogP contribution < -0.4 is 21.3 Å². The first kappa shape index (κ1) is 77.7. The molecule has 6 heterocycles. The summed E-state index contributed by atoms with van der Waals surface area (Å²) in [6, 6.07) is 67.8. The van der Waals surface area contributed by atoms with Gasteiger partial charge in [0.15, 0.2) is 23.0 Å². The molecule has 4 amide bonds. The van der Waals surface area contributed by atoms with Crippen molar-refractivity contribution in [3.05, 3.63) is 294 Å². The SMILES string of the molecule is Cc1nnc(N=Nc2c(O)c(C(=O)Nc3ccccc3)cc3ccccc23)s1.Cc1nsc(N=Nc2c(O)c(C(=O)Nc3ccccc3)cc3ccccc23)n1.Cc1nsc(N=Nc2c(O)c(C(=O)Nc3ncccn3)cc3ccccc23)n1.O=C(Nc1ccncc1)c1cc2ccccc2c(N=Nc2nnc(-c3ccccc3)o2)c1O. The molecule has 0 saturated carbocycles. The topological polar surface area (TPSA) is 451 Å². The van der Waals surface area contributed by atoms with Crippen LogP contribution in [0.15, 0.2) is 301 Å². The number of nitrogens with one attached hydrogen (secondary N) is 4. The van der Waals surface area contributed by atoms with Gasteiger partial charge in [0.1, 0.15) is 39.4 Å². The number of fused-ring (bicyclic) bond motifs is 4. The van der Waals surface area contributed by atoms with Crippen molar-refractivity contribution in [2.45, 2.75) is 20.8 Å². The molecule has 35 heteroatoms. The quantitative estimate of drug-likeness (QED) is 0.0392. The summed E-state index contributed by atoms with van der Waals surface area (Å²) in [4.78, 5) is 71.1. The van der Waals surface area contributed by atoms with Crippen molar-refractivity contribution < 1.29 is 44.0 Å². The highest BCUT2D eigenvalue weighted by Gasteiger charge is 2.24. The Morgan fingerprint density at radius 3 is 1.10 bits per heavy atom. The maximum atomic E-state index is 12.9. The molecule has 0 atom stereocenters. The van der Waals surface area contributed by atoms with E-state index in [0.717, 1.165) is 49.8 Å². The van der Waals surface area contributed by atoms with Gasteiger partial charge >= 0.3 is 6.01 Å².